The Labute approximate surface area is 178 Å². The van der Waals surface area contributed by atoms with Gasteiger partial charge in [-0.25, -0.2) is 0 Å². The van der Waals surface area contributed by atoms with Gasteiger partial charge >= 0.3 is 5.97 Å². The predicted octanol–water partition coefficient (Wildman–Crippen LogP) is 4.43. The molecule has 3 aromatic rings. The third-order valence-corrected chi connectivity index (χ3v) is 5.56. The average Bonchev–Trinajstić information content (AvgIpc) is 3.25. The van der Waals surface area contributed by atoms with Gasteiger partial charge in [-0.05, 0) is 29.8 Å². The number of benzene rings is 3. The summed E-state index contributed by atoms with van der Waals surface area (Å²) in [6.45, 7) is -0.226. The lowest BCUT2D eigenvalue weighted by Crippen LogP contribution is -2.23. The van der Waals surface area contributed by atoms with Crippen LogP contribution in [0.25, 0.3) is 0 Å². The molecule has 152 valence electrons. The van der Waals surface area contributed by atoms with Crippen LogP contribution in [0.4, 0.5) is 5.69 Å². The SMILES string of the molecule is O=C(COC(=O)[C@H](Sc1ccccc1)c1ccccc1)Nc1ccc2c(c1)OCO2. The molecule has 30 heavy (non-hydrogen) atoms. The fourth-order valence-corrected chi connectivity index (χ4v) is 3.94. The summed E-state index contributed by atoms with van der Waals surface area (Å²) < 4.78 is 15.9. The predicted molar refractivity (Wildman–Crippen MR) is 114 cm³/mol. The van der Waals surface area contributed by atoms with Crippen molar-refractivity contribution >= 4 is 29.3 Å². The monoisotopic (exact) mass is 421 g/mol. The van der Waals surface area contributed by atoms with Crippen molar-refractivity contribution in [3.8, 4) is 11.5 Å². The van der Waals surface area contributed by atoms with E-state index in [0.29, 0.717) is 17.2 Å². The number of nitrogens with one attached hydrogen (secondary N) is 1. The van der Waals surface area contributed by atoms with Gasteiger partial charge in [-0.1, -0.05) is 48.5 Å². The number of carbonyl (C=O) groups is 2. The van der Waals surface area contributed by atoms with E-state index in [1.165, 1.54) is 11.8 Å². The molecular weight excluding hydrogens is 402 g/mol. The molecule has 0 fully saturated rings. The van der Waals surface area contributed by atoms with Gasteiger partial charge in [-0.15, -0.1) is 11.8 Å². The second-order valence-corrected chi connectivity index (χ2v) is 7.62. The minimum absolute atomic E-state index is 0.157. The van der Waals surface area contributed by atoms with Gasteiger partial charge < -0.3 is 19.5 Å². The second kappa shape index (κ2) is 9.37. The molecule has 0 spiro atoms. The summed E-state index contributed by atoms with van der Waals surface area (Å²) in [5.74, 6) is 0.283. The maximum Gasteiger partial charge on any atom is 0.324 e. The lowest BCUT2D eigenvalue weighted by Gasteiger charge is -2.16. The van der Waals surface area contributed by atoms with Crippen molar-refractivity contribution in [2.45, 2.75) is 10.1 Å². The first kappa shape index (κ1) is 19.8. The molecule has 3 aromatic carbocycles. The van der Waals surface area contributed by atoms with Crippen LogP contribution in [0.5, 0.6) is 11.5 Å². The molecule has 0 saturated carbocycles. The van der Waals surface area contributed by atoms with E-state index in [9.17, 15) is 9.59 Å². The maximum absolute atomic E-state index is 12.8. The highest BCUT2D eigenvalue weighted by molar-refractivity contribution is 8.00. The third-order valence-electron chi connectivity index (χ3n) is 4.32. The highest BCUT2D eigenvalue weighted by Crippen LogP contribution is 2.36. The van der Waals surface area contributed by atoms with Crippen LogP contribution >= 0.6 is 11.8 Å². The molecule has 4 rings (SSSR count). The molecule has 1 aliphatic rings. The molecule has 1 heterocycles. The van der Waals surface area contributed by atoms with Crippen molar-refractivity contribution in [1.29, 1.82) is 0 Å². The van der Waals surface area contributed by atoms with Crippen molar-refractivity contribution in [2.75, 3.05) is 18.7 Å². The van der Waals surface area contributed by atoms with Gasteiger partial charge in [-0.2, -0.15) is 0 Å². The fourth-order valence-electron chi connectivity index (χ4n) is 2.90. The van der Waals surface area contributed by atoms with Crippen LogP contribution in [0, 0.1) is 0 Å². The lowest BCUT2D eigenvalue weighted by molar-refractivity contribution is -0.146. The van der Waals surface area contributed by atoms with Crippen LogP contribution in [-0.4, -0.2) is 25.3 Å². The highest BCUT2D eigenvalue weighted by atomic mass is 32.2. The average molecular weight is 421 g/mol. The number of carbonyl (C=O) groups excluding carboxylic acids is 2. The zero-order valence-corrected chi connectivity index (χ0v) is 16.8. The molecule has 0 bridgehead atoms. The minimum Gasteiger partial charge on any atom is -0.454 e. The van der Waals surface area contributed by atoms with Gasteiger partial charge in [0.1, 0.15) is 5.25 Å². The standard InChI is InChI=1S/C23H19NO5S/c25-21(24-17-11-12-19-20(13-17)29-15-28-19)14-27-23(26)22(16-7-3-1-4-8-16)30-18-9-5-2-6-10-18/h1-13,22H,14-15H2,(H,24,25)/t22-/m1/s1. The third kappa shape index (κ3) is 4.93. The van der Waals surface area contributed by atoms with E-state index in [1.54, 1.807) is 18.2 Å². The Morgan fingerprint density at radius 2 is 1.63 bits per heavy atom. The molecular formula is C23H19NO5S. The zero-order valence-electron chi connectivity index (χ0n) is 15.9. The Hall–Kier alpha value is -3.45. The van der Waals surface area contributed by atoms with Crippen LogP contribution in [0.2, 0.25) is 0 Å². The van der Waals surface area contributed by atoms with Gasteiger partial charge in [-0.3, -0.25) is 9.59 Å². The first-order chi connectivity index (χ1) is 14.7. The number of amides is 1. The van der Waals surface area contributed by atoms with Crippen LogP contribution in [0.15, 0.2) is 83.8 Å². The second-order valence-electron chi connectivity index (χ2n) is 6.45. The summed E-state index contributed by atoms with van der Waals surface area (Å²) in [6, 6.07) is 24.0. The Morgan fingerprint density at radius 1 is 0.933 bits per heavy atom. The van der Waals surface area contributed by atoms with Crippen molar-refractivity contribution in [2.24, 2.45) is 0 Å². The number of hydrogen-bond donors (Lipinski definition) is 1. The molecule has 0 aliphatic carbocycles. The van der Waals surface area contributed by atoms with Crippen molar-refractivity contribution in [1.82, 2.24) is 0 Å². The molecule has 1 N–H and O–H groups in total. The molecule has 1 atom stereocenters. The molecule has 1 aliphatic heterocycles. The van der Waals surface area contributed by atoms with Gasteiger partial charge in [0, 0.05) is 16.6 Å². The summed E-state index contributed by atoms with van der Waals surface area (Å²) >= 11 is 1.38. The van der Waals surface area contributed by atoms with E-state index in [2.05, 4.69) is 5.32 Å². The number of anilines is 1. The fraction of sp³-hybridized carbons (Fsp3) is 0.130. The van der Waals surface area contributed by atoms with E-state index in [-0.39, 0.29) is 13.4 Å². The summed E-state index contributed by atoms with van der Waals surface area (Å²) in [5, 5.41) is 2.12. The molecule has 7 heteroatoms. The van der Waals surface area contributed by atoms with Gasteiger partial charge in [0.2, 0.25) is 6.79 Å². The molecule has 0 unspecified atom stereocenters. The van der Waals surface area contributed by atoms with Crippen LogP contribution in [0.1, 0.15) is 10.8 Å². The topological polar surface area (TPSA) is 73.9 Å². The summed E-state index contributed by atoms with van der Waals surface area (Å²) in [5.41, 5.74) is 1.35. The van der Waals surface area contributed by atoms with E-state index >= 15 is 0 Å². The van der Waals surface area contributed by atoms with Gasteiger partial charge in [0.15, 0.2) is 18.1 Å². The number of ether oxygens (including phenoxy) is 3. The maximum atomic E-state index is 12.8. The largest absolute Gasteiger partial charge is 0.454 e. The summed E-state index contributed by atoms with van der Waals surface area (Å²) in [4.78, 5) is 26.0. The number of hydrogen-bond acceptors (Lipinski definition) is 6. The van der Waals surface area contributed by atoms with Crippen molar-refractivity contribution < 1.29 is 23.8 Å². The Morgan fingerprint density at radius 3 is 2.40 bits per heavy atom. The first-order valence-electron chi connectivity index (χ1n) is 9.32. The quantitative estimate of drug-likeness (QED) is 0.449. The molecule has 1 amide bonds. The minimum atomic E-state index is -0.577. The Bertz CT molecular complexity index is 1030. The van der Waals surface area contributed by atoms with Crippen LogP contribution < -0.4 is 14.8 Å². The Kier molecular flexibility index (Phi) is 6.20. The smallest absolute Gasteiger partial charge is 0.324 e. The van der Waals surface area contributed by atoms with Crippen molar-refractivity contribution in [3.63, 3.8) is 0 Å². The van der Waals surface area contributed by atoms with Crippen LogP contribution in [0.3, 0.4) is 0 Å². The summed E-state index contributed by atoms with van der Waals surface area (Å²) in [6.07, 6.45) is 0. The number of fused-ring (bicyclic) bond motifs is 1. The van der Waals surface area contributed by atoms with Gasteiger partial charge in [0.05, 0.1) is 0 Å². The first-order valence-corrected chi connectivity index (χ1v) is 10.2. The van der Waals surface area contributed by atoms with Gasteiger partial charge in [0.25, 0.3) is 5.91 Å². The Balaban J connectivity index is 1.39. The van der Waals surface area contributed by atoms with E-state index < -0.39 is 17.1 Å². The highest BCUT2D eigenvalue weighted by Gasteiger charge is 2.24. The van der Waals surface area contributed by atoms with E-state index in [1.807, 2.05) is 60.7 Å². The normalized spacial score (nSPS) is 12.8. The molecule has 0 aromatic heterocycles. The van der Waals surface area contributed by atoms with Crippen LogP contribution in [-0.2, 0) is 14.3 Å². The molecule has 0 radical (unpaired) electrons. The number of thioether (sulfide) groups is 1. The molecule has 6 nitrogen and oxygen atoms in total. The number of esters is 1. The zero-order chi connectivity index (χ0) is 20.8. The van der Waals surface area contributed by atoms with E-state index in [4.69, 9.17) is 14.2 Å². The van der Waals surface area contributed by atoms with E-state index in [0.717, 1.165) is 10.5 Å². The molecule has 0 saturated heterocycles. The van der Waals surface area contributed by atoms with Crippen molar-refractivity contribution in [3.05, 3.63) is 84.4 Å². The lowest BCUT2D eigenvalue weighted by atomic mass is 10.1. The summed E-state index contributed by atoms with van der Waals surface area (Å²) in [7, 11) is 0. The number of rotatable bonds is 7.